The van der Waals surface area contributed by atoms with Crippen molar-refractivity contribution >= 4 is 44.9 Å². The molecule has 25 heavy (non-hydrogen) atoms. The number of para-hydroxylation sites is 1. The fraction of sp³-hybridized carbons (Fsp3) is 0.316. The number of anilines is 1. The number of aryl methyl sites for hydroxylation is 1. The zero-order valence-corrected chi connectivity index (χ0v) is 16.1. The van der Waals surface area contributed by atoms with Crippen LogP contribution in [0.25, 0.3) is 10.2 Å². The van der Waals surface area contributed by atoms with E-state index >= 15 is 0 Å². The summed E-state index contributed by atoms with van der Waals surface area (Å²) in [6.45, 7) is 4.81. The van der Waals surface area contributed by atoms with Gasteiger partial charge in [-0.25, -0.2) is 4.98 Å². The van der Waals surface area contributed by atoms with Gasteiger partial charge in [0.25, 0.3) is 0 Å². The average Bonchev–Trinajstić information content (AvgIpc) is 3.10. The van der Waals surface area contributed by atoms with E-state index in [9.17, 15) is 4.79 Å². The molecule has 0 aliphatic carbocycles. The molecule has 1 amide bonds. The Morgan fingerprint density at radius 2 is 2.12 bits per heavy atom. The highest BCUT2D eigenvalue weighted by molar-refractivity contribution is 8.01. The van der Waals surface area contributed by atoms with E-state index < -0.39 is 0 Å². The Balaban J connectivity index is 0.000000880. The number of hydrogen-bond donors (Lipinski definition) is 0. The second-order valence-electron chi connectivity index (χ2n) is 5.39. The number of thiazole rings is 1. The molecule has 3 heterocycles. The fourth-order valence-corrected chi connectivity index (χ4v) is 4.73. The standard InChI is InChI=1S/C17H15N3OS2.C2H6/c21-16(20-9-3-5-12-4-1-2-6-14(12)20)11-22-17-19-13-10-18-8-7-15(13)23-17;1-2/h1-2,4,6-8,10H,3,5,9,11H2;1-2H3. The third-order valence-electron chi connectivity index (χ3n) is 3.90. The number of amides is 1. The molecule has 0 bridgehead atoms. The van der Waals surface area contributed by atoms with Gasteiger partial charge in [-0.1, -0.05) is 43.8 Å². The van der Waals surface area contributed by atoms with Gasteiger partial charge in [0.05, 0.1) is 16.6 Å². The van der Waals surface area contributed by atoms with Crippen LogP contribution in [0, 0.1) is 0 Å². The van der Waals surface area contributed by atoms with Crippen molar-refractivity contribution in [1.29, 1.82) is 0 Å². The van der Waals surface area contributed by atoms with E-state index in [1.807, 2.05) is 43.0 Å². The van der Waals surface area contributed by atoms with Crippen molar-refractivity contribution in [1.82, 2.24) is 9.97 Å². The van der Waals surface area contributed by atoms with Crippen LogP contribution in [0.3, 0.4) is 0 Å². The number of carbonyl (C=O) groups excluding carboxylic acids is 1. The largest absolute Gasteiger partial charge is 0.311 e. The molecule has 0 saturated heterocycles. The number of aromatic nitrogens is 2. The molecule has 0 fully saturated rings. The number of benzene rings is 1. The minimum absolute atomic E-state index is 0.152. The van der Waals surface area contributed by atoms with E-state index in [-0.39, 0.29) is 5.91 Å². The molecular formula is C19H21N3OS2. The van der Waals surface area contributed by atoms with Crippen LogP contribution < -0.4 is 4.90 Å². The van der Waals surface area contributed by atoms with Gasteiger partial charge in [0.15, 0.2) is 4.34 Å². The molecule has 0 saturated carbocycles. The summed E-state index contributed by atoms with van der Waals surface area (Å²) in [5.41, 5.74) is 3.23. The van der Waals surface area contributed by atoms with Crippen molar-refractivity contribution in [2.24, 2.45) is 0 Å². The Hall–Kier alpha value is -1.92. The summed E-state index contributed by atoms with van der Waals surface area (Å²) in [6, 6.07) is 10.2. The maximum absolute atomic E-state index is 12.6. The van der Waals surface area contributed by atoms with Gasteiger partial charge in [0.2, 0.25) is 5.91 Å². The summed E-state index contributed by atoms with van der Waals surface area (Å²) in [5.74, 6) is 0.571. The third-order valence-corrected chi connectivity index (χ3v) is 6.06. The Labute approximate surface area is 156 Å². The highest BCUT2D eigenvalue weighted by Gasteiger charge is 2.22. The van der Waals surface area contributed by atoms with Gasteiger partial charge in [-0.2, -0.15) is 0 Å². The molecule has 1 aliphatic heterocycles. The maximum Gasteiger partial charge on any atom is 0.237 e. The lowest BCUT2D eigenvalue weighted by Gasteiger charge is -2.29. The second-order valence-corrected chi connectivity index (χ2v) is 7.64. The molecule has 1 aliphatic rings. The normalized spacial score (nSPS) is 13.1. The molecule has 0 N–H and O–H groups in total. The Morgan fingerprint density at radius 1 is 1.28 bits per heavy atom. The minimum atomic E-state index is 0.152. The summed E-state index contributed by atoms with van der Waals surface area (Å²) in [6.07, 6.45) is 5.61. The molecule has 2 aromatic heterocycles. The van der Waals surface area contributed by atoms with Gasteiger partial charge in [0.1, 0.15) is 5.52 Å². The molecule has 130 valence electrons. The van der Waals surface area contributed by atoms with E-state index in [0.29, 0.717) is 5.75 Å². The van der Waals surface area contributed by atoms with Crippen molar-refractivity contribution in [3.63, 3.8) is 0 Å². The van der Waals surface area contributed by atoms with Gasteiger partial charge in [-0.3, -0.25) is 9.78 Å². The molecule has 4 nitrogen and oxygen atoms in total. The Morgan fingerprint density at radius 3 is 2.96 bits per heavy atom. The van der Waals surface area contributed by atoms with E-state index in [1.54, 1.807) is 23.7 Å². The van der Waals surface area contributed by atoms with Crippen LogP contribution in [0.4, 0.5) is 5.69 Å². The van der Waals surface area contributed by atoms with Crippen molar-refractivity contribution in [3.8, 4) is 0 Å². The first-order valence-electron chi connectivity index (χ1n) is 8.53. The maximum atomic E-state index is 12.6. The average molecular weight is 372 g/mol. The van der Waals surface area contributed by atoms with Crippen LogP contribution in [-0.4, -0.2) is 28.2 Å². The van der Waals surface area contributed by atoms with Gasteiger partial charge in [-0.05, 0) is 30.5 Å². The molecule has 4 rings (SSSR count). The number of rotatable bonds is 3. The SMILES string of the molecule is CC.O=C(CSc1nc2cnccc2s1)N1CCCc2ccccc21. The highest BCUT2D eigenvalue weighted by atomic mass is 32.2. The van der Waals surface area contributed by atoms with E-state index in [4.69, 9.17) is 0 Å². The van der Waals surface area contributed by atoms with Gasteiger partial charge < -0.3 is 4.90 Å². The quantitative estimate of drug-likeness (QED) is 0.621. The zero-order valence-electron chi connectivity index (χ0n) is 14.4. The van der Waals surface area contributed by atoms with Crippen molar-refractivity contribution < 1.29 is 4.79 Å². The van der Waals surface area contributed by atoms with Crippen LogP contribution in [-0.2, 0) is 11.2 Å². The van der Waals surface area contributed by atoms with Crippen molar-refractivity contribution in [2.75, 3.05) is 17.2 Å². The van der Waals surface area contributed by atoms with Crippen LogP contribution in [0.15, 0.2) is 47.1 Å². The van der Waals surface area contributed by atoms with Crippen molar-refractivity contribution in [3.05, 3.63) is 48.3 Å². The topological polar surface area (TPSA) is 46.1 Å². The van der Waals surface area contributed by atoms with Crippen LogP contribution in [0.5, 0.6) is 0 Å². The first-order valence-corrected chi connectivity index (χ1v) is 10.3. The lowest BCUT2D eigenvalue weighted by Crippen LogP contribution is -2.36. The van der Waals surface area contributed by atoms with Crippen molar-refractivity contribution in [2.45, 2.75) is 31.0 Å². The molecular weight excluding hydrogens is 350 g/mol. The van der Waals surface area contributed by atoms with Crippen LogP contribution >= 0.6 is 23.1 Å². The molecule has 1 aromatic carbocycles. The molecule has 0 atom stereocenters. The van der Waals surface area contributed by atoms with Gasteiger partial charge >= 0.3 is 0 Å². The van der Waals surface area contributed by atoms with E-state index in [1.165, 1.54) is 17.3 Å². The second kappa shape index (κ2) is 8.45. The lowest BCUT2D eigenvalue weighted by atomic mass is 10.0. The minimum Gasteiger partial charge on any atom is -0.311 e. The third kappa shape index (κ3) is 4.02. The van der Waals surface area contributed by atoms with Gasteiger partial charge in [-0.15, -0.1) is 11.3 Å². The predicted molar refractivity (Wildman–Crippen MR) is 107 cm³/mol. The summed E-state index contributed by atoms with van der Waals surface area (Å²) >= 11 is 3.12. The number of hydrogen-bond acceptors (Lipinski definition) is 5. The highest BCUT2D eigenvalue weighted by Crippen LogP contribution is 2.31. The van der Waals surface area contributed by atoms with E-state index in [0.717, 1.165) is 39.6 Å². The number of carbonyl (C=O) groups is 1. The lowest BCUT2D eigenvalue weighted by molar-refractivity contribution is -0.116. The first-order chi connectivity index (χ1) is 12.3. The van der Waals surface area contributed by atoms with Gasteiger partial charge in [0, 0.05) is 18.4 Å². The Kier molecular flexibility index (Phi) is 6.04. The number of thioether (sulfide) groups is 1. The molecule has 0 radical (unpaired) electrons. The number of fused-ring (bicyclic) bond motifs is 2. The summed E-state index contributed by atoms with van der Waals surface area (Å²) in [5, 5.41) is 0. The van der Waals surface area contributed by atoms with Crippen LogP contribution in [0.1, 0.15) is 25.8 Å². The number of nitrogens with zero attached hydrogens (tertiary/aromatic N) is 3. The first kappa shape index (κ1) is 17.9. The molecule has 6 heteroatoms. The molecule has 0 spiro atoms. The molecule has 0 unspecified atom stereocenters. The Bertz CT molecular complexity index is 830. The predicted octanol–water partition coefficient (Wildman–Crippen LogP) is 4.79. The van der Waals surface area contributed by atoms with Crippen LogP contribution in [0.2, 0.25) is 0 Å². The fourth-order valence-electron chi connectivity index (χ4n) is 2.81. The summed E-state index contributed by atoms with van der Waals surface area (Å²) < 4.78 is 2.03. The summed E-state index contributed by atoms with van der Waals surface area (Å²) in [4.78, 5) is 23.1. The monoisotopic (exact) mass is 371 g/mol. The number of pyridine rings is 1. The zero-order chi connectivity index (χ0) is 17.6. The smallest absolute Gasteiger partial charge is 0.237 e. The summed E-state index contributed by atoms with van der Waals surface area (Å²) in [7, 11) is 0. The van der Waals surface area contributed by atoms with E-state index in [2.05, 4.69) is 16.0 Å². The molecule has 3 aromatic rings.